The molecule has 3 nitrogen and oxygen atoms in total. The third-order valence-electron chi connectivity index (χ3n) is 2.40. The van der Waals surface area contributed by atoms with Gasteiger partial charge in [-0.3, -0.25) is 4.79 Å². The number of carbonyl (C=O) groups excluding carboxylic acids is 1. The van der Waals surface area contributed by atoms with Gasteiger partial charge in [0.05, 0.1) is 5.75 Å². The molecule has 0 spiro atoms. The average molecular weight is 216 g/mol. The Morgan fingerprint density at radius 1 is 1.57 bits per heavy atom. The van der Waals surface area contributed by atoms with Gasteiger partial charge in [-0.25, -0.2) is 0 Å². The molecule has 0 aromatic heterocycles. The summed E-state index contributed by atoms with van der Waals surface area (Å²) < 4.78 is 0. The Morgan fingerprint density at radius 3 is 3.07 bits per heavy atom. The number of amides is 1. The van der Waals surface area contributed by atoms with Crippen molar-refractivity contribution in [3.63, 3.8) is 0 Å². The van der Waals surface area contributed by atoms with Crippen LogP contribution < -0.4 is 10.6 Å². The molecule has 0 saturated carbocycles. The summed E-state index contributed by atoms with van der Waals surface area (Å²) in [5, 5.41) is 6.37. The normalized spacial score (nSPS) is 21.9. The zero-order valence-electron chi connectivity index (χ0n) is 8.84. The lowest BCUT2D eigenvalue weighted by Crippen LogP contribution is -2.43. The zero-order valence-corrected chi connectivity index (χ0v) is 9.66. The number of rotatable bonds is 5. The highest BCUT2D eigenvalue weighted by molar-refractivity contribution is 7.99. The quantitative estimate of drug-likeness (QED) is 0.720. The van der Waals surface area contributed by atoms with Gasteiger partial charge in [-0.1, -0.05) is 13.3 Å². The lowest BCUT2D eigenvalue weighted by Gasteiger charge is -2.23. The molecule has 14 heavy (non-hydrogen) atoms. The van der Waals surface area contributed by atoms with Gasteiger partial charge in [0.25, 0.3) is 0 Å². The van der Waals surface area contributed by atoms with Gasteiger partial charge in [-0.2, -0.15) is 11.8 Å². The first-order valence-corrected chi connectivity index (χ1v) is 6.56. The van der Waals surface area contributed by atoms with Gasteiger partial charge in [0.1, 0.15) is 0 Å². The van der Waals surface area contributed by atoms with Gasteiger partial charge in [-0.15, -0.1) is 0 Å². The highest BCUT2D eigenvalue weighted by Gasteiger charge is 2.12. The highest BCUT2D eigenvalue weighted by atomic mass is 32.2. The van der Waals surface area contributed by atoms with Gasteiger partial charge < -0.3 is 10.6 Å². The lowest BCUT2D eigenvalue weighted by molar-refractivity contribution is -0.118. The first-order chi connectivity index (χ1) is 6.83. The second-order valence-electron chi connectivity index (χ2n) is 3.59. The Bertz CT molecular complexity index is 170. The van der Waals surface area contributed by atoms with Crippen LogP contribution in [0.1, 0.15) is 26.2 Å². The molecule has 1 fully saturated rings. The largest absolute Gasteiger partial charge is 0.354 e. The summed E-state index contributed by atoms with van der Waals surface area (Å²) in [4.78, 5) is 11.3. The van der Waals surface area contributed by atoms with Crippen LogP contribution in [-0.4, -0.2) is 36.5 Å². The van der Waals surface area contributed by atoms with Crippen LogP contribution in [0.3, 0.4) is 0 Å². The molecule has 0 aromatic rings. The minimum absolute atomic E-state index is 0.171. The molecule has 0 aromatic carbocycles. The maximum Gasteiger partial charge on any atom is 0.230 e. The molecule has 1 atom stereocenters. The fraction of sp³-hybridized carbons (Fsp3) is 0.900. The lowest BCUT2D eigenvalue weighted by atomic mass is 10.1. The molecule has 1 rings (SSSR count). The van der Waals surface area contributed by atoms with E-state index in [4.69, 9.17) is 0 Å². The summed E-state index contributed by atoms with van der Waals surface area (Å²) in [7, 11) is 0. The van der Waals surface area contributed by atoms with Gasteiger partial charge >= 0.3 is 0 Å². The van der Waals surface area contributed by atoms with Crippen LogP contribution in [0.15, 0.2) is 0 Å². The van der Waals surface area contributed by atoms with Gasteiger partial charge in [0.15, 0.2) is 0 Å². The van der Waals surface area contributed by atoms with Crippen LogP contribution in [0.2, 0.25) is 0 Å². The van der Waals surface area contributed by atoms with E-state index in [2.05, 4.69) is 17.6 Å². The summed E-state index contributed by atoms with van der Waals surface area (Å²) >= 11 is 1.67. The fourth-order valence-corrected chi connectivity index (χ4v) is 2.07. The number of nitrogens with one attached hydrogen (secondary N) is 2. The number of piperidine rings is 1. The van der Waals surface area contributed by atoms with Crippen molar-refractivity contribution in [2.45, 2.75) is 32.2 Å². The second-order valence-corrected chi connectivity index (χ2v) is 4.86. The SMILES string of the molecule is CCSCC(=O)NCC1CCCCN1. The van der Waals surface area contributed by atoms with Crippen molar-refractivity contribution in [2.75, 3.05) is 24.6 Å². The molecule has 1 amide bonds. The molecule has 1 aliphatic rings. The van der Waals surface area contributed by atoms with E-state index in [-0.39, 0.29) is 5.91 Å². The summed E-state index contributed by atoms with van der Waals surface area (Å²) in [6.07, 6.45) is 3.76. The minimum Gasteiger partial charge on any atom is -0.354 e. The van der Waals surface area contributed by atoms with Gasteiger partial charge in [0, 0.05) is 12.6 Å². The summed E-state index contributed by atoms with van der Waals surface area (Å²) in [6, 6.07) is 0.499. The molecule has 1 aliphatic heterocycles. The van der Waals surface area contributed by atoms with E-state index in [0.29, 0.717) is 11.8 Å². The second kappa shape index (κ2) is 7.12. The van der Waals surface area contributed by atoms with Gasteiger partial charge in [-0.05, 0) is 25.1 Å². The maximum absolute atomic E-state index is 11.3. The smallest absolute Gasteiger partial charge is 0.230 e. The first kappa shape index (κ1) is 11.9. The van der Waals surface area contributed by atoms with Crippen molar-refractivity contribution in [2.24, 2.45) is 0 Å². The number of hydrogen-bond acceptors (Lipinski definition) is 3. The van der Waals surface area contributed by atoms with Crippen LogP contribution in [0.4, 0.5) is 0 Å². The molecule has 0 bridgehead atoms. The molecule has 1 saturated heterocycles. The molecular weight excluding hydrogens is 196 g/mol. The molecule has 4 heteroatoms. The Hall–Kier alpha value is -0.220. The molecular formula is C10H20N2OS. The fourth-order valence-electron chi connectivity index (χ4n) is 1.58. The number of carbonyl (C=O) groups is 1. The van der Waals surface area contributed by atoms with Crippen LogP contribution in [0.5, 0.6) is 0 Å². The van der Waals surface area contributed by atoms with Crippen molar-refractivity contribution in [1.29, 1.82) is 0 Å². The minimum atomic E-state index is 0.171. The third-order valence-corrected chi connectivity index (χ3v) is 3.27. The highest BCUT2D eigenvalue weighted by Crippen LogP contribution is 2.05. The van der Waals surface area contributed by atoms with Crippen molar-refractivity contribution < 1.29 is 4.79 Å². The van der Waals surface area contributed by atoms with Crippen molar-refractivity contribution in [1.82, 2.24) is 10.6 Å². The van der Waals surface area contributed by atoms with E-state index in [1.807, 2.05) is 0 Å². The van der Waals surface area contributed by atoms with E-state index in [0.717, 1.165) is 18.8 Å². The van der Waals surface area contributed by atoms with Crippen molar-refractivity contribution in [3.8, 4) is 0 Å². The van der Waals surface area contributed by atoms with E-state index in [9.17, 15) is 4.79 Å². The first-order valence-electron chi connectivity index (χ1n) is 5.40. The zero-order chi connectivity index (χ0) is 10.2. The van der Waals surface area contributed by atoms with Crippen LogP contribution in [-0.2, 0) is 4.79 Å². The summed E-state index contributed by atoms with van der Waals surface area (Å²) in [5.74, 6) is 1.78. The molecule has 2 N–H and O–H groups in total. The van der Waals surface area contributed by atoms with Crippen molar-refractivity contribution >= 4 is 17.7 Å². The Labute approximate surface area is 90.4 Å². The maximum atomic E-state index is 11.3. The molecule has 1 unspecified atom stereocenters. The van der Waals surface area contributed by atoms with E-state index in [1.54, 1.807) is 11.8 Å². The molecule has 0 radical (unpaired) electrons. The van der Waals surface area contributed by atoms with E-state index in [1.165, 1.54) is 19.3 Å². The van der Waals surface area contributed by atoms with E-state index >= 15 is 0 Å². The van der Waals surface area contributed by atoms with Gasteiger partial charge in [0.2, 0.25) is 5.91 Å². The Kier molecular flexibility index (Phi) is 6.03. The summed E-state index contributed by atoms with van der Waals surface area (Å²) in [6.45, 7) is 3.97. The number of hydrogen-bond donors (Lipinski definition) is 2. The number of thioether (sulfide) groups is 1. The molecule has 1 heterocycles. The predicted molar refractivity (Wildman–Crippen MR) is 61.7 cm³/mol. The third kappa shape index (κ3) is 4.86. The topological polar surface area (TPSA) is 41.1 Å². The predicted octanol–water partition coefficient (Wildman–Crippen LogP) is 0.998. The summed E-state index contributed by atoms with van der Waals surface area (Å²) in [5.41, 5.74) is 0. The van der Waals surface area contributed by atoms with E-state index < -0.39 is 0 Å². The van der Waals surface area contributed by atoms with Crippen LogP contribution in [0, 0.1) is 0 Å². The molecule has 82 valence electrons. The average Bonchev–Trinajstić information content (AvgIpc) is 2.25. The van der Waals surface area contributed by atoms with Crippen LogP contribution in [0.25, 0.3) is 0 Å². The monoisotopic (exact) mass is 216 g/mol. The van der Waals surface area contributed by atoms with Crippen LogP contribution >= 0.6 is 11.8 Å². The molecule has 0 aliphatic carbocycles. The standard InChI is InChI=1S/C10H20N2OS/c1-2-14-8-10(13)12-7-9-5-3-4-6-11-9/h9,11H,2-8H2,1H3,(H,12,13). The Balaban J connectivity index is 2.03. The van der Waals surface area contributed by atoms with Crippen molar-refractivity contribution in [3.05, 3.63) is 0 Å². The Morgan fingerprint density at radius 2 is 2.43 bits per heavy atom.